The van der Waals surface area contributed by atoms with Crippen molar-refractivity contribution in [2.75, 3.05) is 19.3 Å². The van der Waals surface area contributed by atoms with Crippen molar-refractivity contribution >= 4 is 26.6 Å². The molecule has 3 rings (SSSR count). The zero-order valence-corrected chi connectivity index (χ0v) is 13.4. The van der Waals surface area contributed by atoms with Crippen LogP contribution >= 0.6 is 0 Å². The zero-order valence-electron chi connectivity index (χ0n) is 12.6. The standard InChI is InChI=1S/C16H20N2O3S/c1-22(20,21)13-6-8-18(9-7-13)16(19)10-12-11-17-15-5-3-2-4-14(12)15/h2-5,11,13,17H,6-10H2,1H3. The lowest BCUT2D eigenvalue weighted by Gasteiger charge is -2.31. The number of carbonyl (C=O) groups excluding carboxylic acids is 1. The zero-order chi connectivity index (χ0) is 15.7. The third-order valence-corrected chi connectivity index (χ3v) is 6.10. The van der Waals surface area contributed by atoms with Crippen molar-refractivity contribution in [2.45, 2.75) is 24.5 Å². The van der Waals surface area contributed by atoms with Crippen molar-refractivity contribution in [3.63, 3.8) is 0 Å². The number of sulfone groups is 1. The molecule has 1 amide bonds. The summed E-state index contributed by atoms with van der Waals surface area (Å²) in [6.45, 7) is 1.05. The number of likely N-dealkylation sites (tertiary alicyclic amines) is 1. The second-order valence-electron chi connectivity index (χ2n) is 5.95. The van der Waals surface area contributed by atoms with Crippen LogP contribution in [0.3, 0.4) is 0 Å². The highest BCUT2D eigenvalue weighted by Crippen LogP contribution is 2.21. The van der Waals surface area contributed by atoms with E-state index in [4.69, 9.17) is 0 Å². The number of hydrogen-bond donors (Lipinski definition) is 1. The molecule has 2 heterocycles. The van der Waals surface area contributed by atoms with E-state index in [0.29, 0.717) is 32.4 Å². The average molecular weight is 320 g/mol. The van der Waals surface area contributed by atoms with Gasteiger partial charge in [0.05, 0.1) is 11.7 Å². The summed E-state index contributed by atoms with van der Waals surface area (Å²) in [7, 11) is -3.00. The lowest BCUT2D eigenvalue weighted by molar-refractivity contribution is -0.131. The summed E-state index contributed by atoms with van der Waals surface area (Å²) in [5, 5.41) is 0.770. The SMILES string of the molecule is CS(=O)(=O)C1CCN(C(=O)Cc2c[nH]c3ccccc23)CC1. The van der Waals surface area contributed by atoms with Crippen LogP contribution in [0.2, 0.25) is 0 Å². The van der Waals surface area contributed by atoms with Gasteiger partial charge in [-0.15, -0.1) is 0 Å². The molecule has 0 spiro atoms. The van der Waals surface area contributed by atoms with Crippen LogP contribution in [0.4, 0.5) is 0 Å². The molecular weight excluding hydrogens is 300 g/mol. The van der Waals surface area contributed by atoms with Gasteiger partial charge in [-0.1, -0.05) is 18.2 Å². The fourth-order valence-electron chi connectivity index (χ4n) is 3.09. The molecule has 1 aromatic heterocycles. The number of hydrogen-bond acceptors (Lipinski definition) is 3. The topological polar surface area (TPSA) is 70.2 Å². The van der Waals surface area contributed by atoms with Crippen molar-refractivity contribution in [1.82, 2.24) is 9.88 Å². The molecule has 0 radical (unpaired) electrons. The molecule has 1 fully saturated rings. The van der Waals surface area contributed by atoms with E-state index < -0.39 is 9.84 Å². The molecule has 1 aliphatic rings. The number of aromatic amines is 1. The minimum atomic E-state index is -3.00. The van der Waals surface area contributed by atoms with Gasteiger partial charge in [0.15, 0.2) is 0 Å². The number of piperidine rings is 1. The first-order valence-electron chi connectivity index (χ1n) is 7.47. The summed E-state index contributed by atoms with van der Waals surface area (Å²) in [5.41, 5.74) is 2.02. The third kappa shape index (κ3) is 3.02. The maximum atomic E-state index is 12.4. The fourth-order valence-corrected chi connectivity index (χ4v) is 4.15. The summed E-state index contributed by atoms with van der Waals surface area (Å²) in [4.78, 5) is 17.4. The van der Waals surface area contributed by atoms with Gasteiger partial charge in [-0.2, -0.15) is 0 Å². The Morgan fingerprint density at radius 2 is 1.95 bits per heavy atom. The van der Waals surface area contributed by atoms with E-state index in [1.54, 1.807) is 4.90 Å². The van der Waals surface area contributed by atoms with Crippen molar-refractivity contribution in [3.05, 3.63) is 36.0 Å². The molecule has 0 unspecified atom stereocenters. The Kier molecular flexibility index (Phi) is 3.95. The van der Waals surface area contributed by atoms with Gasteiger partial charge in [-0.3, -0.25) is 4.79 Å². The number of carbonyl (C=O) groups is 1. The number of nitrogens with one attached hydrogen (secondary N) is 1. The Bertz CT molecular complexity index is 787. The first kappa shape index (κ1) is 15.1. The summed E-state index contributed by atoms with van der Waals surface area (Å²) in [5.74, 6) is 0.0664. The van der Waals surface area contributed by atoms with Gasteiger partial charge in [0.2, 0.25) is 5.91 Å². The maximum absolute atomic E-state index is 12.4. The van der Waals surface area contributed by atoms with Gasteiger partial charge in [-0.25, -0.2) is 8.42 Å². The molecule has 0 bridgehead atoms. The van der Waals surface area contributed by atoms with Gasteiger partial charge >= 0.3 is 0 Å². The predicted octanol–water partition coefficient (Wildman–Crippen LogP) is 1.75. The summed E-state index contributed by atoms with van der Waals surface area (Å²) < 4.78 is 23.1. The fraction of sp³-hybridized carbons (Fsp3) is 0.438. The molecule has 6 heteroatoms. The van der Waals surface area contributed by atoms with E-state index in [-0.39, 0.29) is 11.2 Å². The number of rotatable bonds is 3. The molecule has 0 saturated carbocycles. The largest absolute Gasteiger partial charge is 0.361 e. The number of H-pyrrole nitrogens is 1. The smallest absolute Gasteiger partial charge is 0.227 e. The van der Waals surface area contributed by atoms with Crippen LogP contribution < -0.4 is 0 Å². The molecule has 1 aromatic carbocycles. The Hall–Kier alpha value is -1.82. The van der Waals surface area contributed by atoms with Crippen LogP contribution in [-0.4, -0.2) is 48.8 Å². The molecule has 22 heavy (non-hydrogen) atoms. The summed E-state index contributed by atoms with van der Waals surface area (Å²) in [6.07, 6.45) is 4.59. The van der Waals surface area contributed by atoms with E-state index in [2.05, 4.69) is 4.98 Å². The second-order valence-corrected chi connectivity index (χ2v) is 8.27. The van der Waals surface area contributed by atoms with Crippen molar-refractivity contribution in [2.24, 2.45) is 0 Å². The molecule has 1 N–H and O–H groups in total. The molecule has 2 aromatic rings. The lowest BCUT2D eigenvalue weighted by atomic mass is 10.1. The lowest BCUT2D eigenvalue weighted by Crippen LogP contribution is -2.42. The highest BCUT2D eigenvalue weighted by Gasteiger charge is 2.28. The summed E-state index contributed by atoms with van der Waals surface area (Å²) >= 11 is 0. The summed E-state index contributed by atoms with van der Waals surface area (Å²) in [6, 6.07) is 7.91. The minimum absolute atomic E-state index is 0.0664. The van der Waals surface area contributed by atoms with E-state index in [9.17, 15) is 13.2 Å². The third-order valence-electron chi connectivity index (χ3n) is 4.42. The van der Waals surface area contributed by atoms with Gasteiger partial charge in [0, 0.05) is 36.4 Å². The van der Waals surface area contributed by atoms with E-state index in [0.717, 1.165) is 16.5 Å². The van der Waals surface area contributed by atoms with Crippen LogP contribution in [0.25, 0.3) is 10.9 Å². The quantitative estimate of drug-likeness (QED) is 0.936. The predicted molar refractivity (Wildman–Crippen MR) is 86.4 cm³/mol. The molecule has 0 atom stereocenters. The van der Waals surface area contributed by atoms with Gasteiger partial charge in [0.25, 0.3) is 0 Å². The molecular formula is C16H20N2O3S. The molecule has 0 aliphatic carbocycles. The highest BCUT2D eigenvalue weighted by atomic mass is 32.2. The first-order chi connectivity index (χ1) is 10.4. The number of amides is 1. The Labute approximate surface area is 130 Å². The normalized spacial score (nSPS) is 17.0. The van der Waals surface area contributed by atoms with Crippen LogP contribution in [0.5, 0.6) is 0 Å². The number of aromatic nitrogens is 1. The van der Waals surface area contributed by atoms with Crippen LogP contribution in [0, 0.1) is 0 Å². The first-order valence-corrected chi connectivity index (χ1v) is 9.42. The number of para-hydroxylation sites is 1. The molecule has 118 valence electrons. The van der Waals surface area contributed by atoms with E-state index >= 15 is 0 Å². The number of fused-ring (bicyclic) bond motifs is 1. The highest BCUT2D eigenvalue weighted by molar-refractivity contribution is 7.91. The van der Waals surface area contributed by atoms with Gasteiger partial charge in [0.1, 0.15) is 9.84 Å². The number of nitrogens with zero attached hydrogens (tertiary/aromatic N) is 1. The van der Waals surface area contributed by atoms with Gasteiger partial charge < -0.3 is 9.88 Å². The van der Waals surface area contributed by atoms with Crippen LogP contribution in [-0.2, 0) is 21.1 Å². The van der Waals surface area contributed by atoms with Crippen LogP contribution in [0.15, 0.2) is 30.5 Å². The maximum Gasteiger partial charge on any atom is 0.227 e. The van der Waals surface area contributed by atoms with Gasteiger partial charge in [-0.05, 0) is 24.5 Å². The van der Waals surface area contributed by atoms with E-state index in [1.807, 2.05) is 30.5 Å². The molecule has 1 aliphatic heterocycles. The van der Waals surface area contributed by atoms with Crippen LogP contribution in [0.1, 0.15) is 18.4 Å². The average Bonchev–Trinajstić information content (AvgIpc) is 2.90. The Morgan fingerprint density at radius 1 is 1.27 bits per heavy atom. The van der Waals surface area contributed by atoms with Crippen molar-refractivity contribution < 1.29 is 13.2 Å². The second kappa shape index (κ2) is 5.76. The number of benzene rings is 1. The molecule has 1 saturated heterocycles. The Balaban J connectivity index is 1.66. The minimum Gasteiger partial charge on any atom is -0.361 e. The van der Waals surface area contributed by atoms with Crippen molar-refractivity contribution in [1.29, 1.82) is 0 Å². The van der Waals surface area contributed by atoms with E-state index in [1.165, 1.54) is 6.26 Å². The van der Waals surface area contributed by atoms with Crippen molar-refractivity contribution in [3.8, 4) is 0 Å². The Morgan fingerprint density at radius 3 is 2.64 bits per heavy atom. The monoisotopic (exact) mass is 320 g/mol. The molecule has 5 nitrogen and oxygen atoms in total.